The van der Waals surface area contributed by atoms with Gasteiger partial charge in [0.2, 0.25) is 10.0 Å². The third-order valence-electron chi connectivity index (χ3n) is 2.78. The molecule has 0 aliphatic heterocycles. The summed E-state index contributed by atoms with van der Waals surface area (Å²) in [5.41, 5.74) is -0.450. The Morgan fingerprint density at radius 2 is 2.00 bits per heavy atom. The Labute approximate surface area is 107 Å². The first-order valence-corrected chi connectivity index (χ1v) is 7.13. The van der Waals surface area contributed by atoms with Crippen molar-refractivity contribution in [3.63, 3.8) is 0 Å². The Morgan fingerprint density at radius 1 is 1.39 bits per heavy atom. The molecule has 6 heteroatoms. The van der Waals surface area contributed by atoms with Gasteiger partial charge in [0, 0.05) is 5.54 Å². The van der Waals surface area contributed by atoms with E-state index in [0.717, 1.165) is 12.1 Å². The molecule has 1 aromatic carbocycles. The number of aliphatic hydroxyl groups is 1. The molecular weight excluding hydrogens is 257 g/mol. The van der Waals surface area contributed by atoms with E-state index in [2.05, 4.69) is 4.72 Å². The third-order valence-corrected chi connectivity index (χ3v) is 4.56. The van der Waals surface area contributed by atoms with Crippen molar-refractivity contribution in [1.82, 2.24) is 4.72 Å². The fraction of sp³-hybridized carbons (Fsp3) is 0.500. The summed E-state index contributed by atoms with van der Waals surface area (Å²) in [6, 6.07) is 3.30. The molecule has 0 bridgehead atoms. The fourth-order valence-electron chi connectivity index (χ4n) is 1.40. The van der Waals surface area contributed by atoms with Gasteiger partial charge in [0.25, 0.3) is 0 Å². The average molecular weight is 275 g/mol. The summed E-state index contributed by atoms with van der Waals surface area (Å²) < 4.78 is 39.9. The van der Waals surface area contributed by atoms with Crippen LogP contribution in [0.3, 0.4) is 0 Å². The minimum Gasteiger partial charge on any atom is -0.392 e. The number of benzene rings is 1. The van der Waals surface area contributed by atoms with Crippen LogP contribution in [0.2, 0.25) is 0 Å². The molecule has 0 atom stereocenters. The number of hydrogen-bond acceptors (Lipinski definition) is 3. The average Bonchev–Trinajstić information content (AvgIpc) is 2.28. The first-order chi connectivity index (χ1) is 8.22. The molecule has 1 aromatic rings. The van der Waals surface area contributed by atoms with Crippen LogP contribution in [0.15, 0.2) is 23.1 Å². The van der Waals surface area contributed by atoms with Crippen molar-refractivity contribution in [2.45, 2.75) is 44.2 Å². The molecule has 102 valence electrons. The van der Waals surface area contributed by atoms with Gasteiger partial charge in [-0.2, -0.15) is 0 Å². The van der Waals surface area contributed by atoms with Crippen LogP contribution < -0.4 is 4.72 Å². The van der Waals surface area contributed by atoms with E-state index in [1.54, 1.807) is 13.8 Å². The molecule has 0 aliphatic rings. The highest BCUT2D eigenvalue weighted by atomic mass is 32.2. The lowest BCUT2D eigenvalue weighted by Crippen LogP contribution is -2.42. The predicted molar refractivity (Wildman–Crippen MR) is 67.0 cm³/mol. The highest BCUT2D eigenvalue weighted by molar-refractivity contribution is 7.89. The zero-order chi connectivity index (χ0) is 14.0. The normalized spacial score (nSPS) is 12.7. The Bertz CT molecular complexity index is 526. The standard InChI is InChI=1S/C12H18FNO3S/c1-4-12(2,3)14-18(16,17)11-7-10(13)6-5-9(11)8-15/h5-7,14-15H,4,8H2,1-3H3. The van der Waals surface area contributed by atoms with Crippen LogP contribution in [0.1, 0.15) is 32.8 Å². The first kappa shape index (κ1) is 15.1. The smallest absolute Gasteiger partial charge is 0.241 e. The molecule has 1 rings (SSSR count). The van der Waals surface area contributed by atoms with Gasteiger partial charge in [0.15, 0.2) is 0 Å². The van der Waals surface area contributed by atoms with Crippen LogP contribution in [-0.4, -0.2) is 19.1 Å². The van der Waals surface area contributed by atoms with Gasteiger partial charge in [-0.15, -0.1) is 0 Å². The molecule has 0 fully saturated rings. The monoisotopic (exact) mass is 275 g/mol. The lowest BCUT2D eigenvalue weighted by molar-refractivity contribution is 0.278. The highest BCUT2D eigenvalue weighted by Gasteiger charge is 2.26. The number of sulfonamides is 1. The summed E-state index contributed by atoms with van der Waals surface area (Å²) in [6.45, 7) is 4.87. The predicted octanol–water partition coefficient (Wildman–Crippen LogP) is 1.78. The Kier molecular flexibility index (Phi) is 4.47. The molecule has 0 saturated heterocycles. The highest BCUT2D eigenvalue weighted by Crippen LogP contribution is 2.20. The van der Waals surface area contributed by atoms with Crippen molar-refractivity contribution >= 4 is 10.0 Å². The topological polar surface area (TPSA) is 66.4 Å². The molecule has 0 radical (unpaired) electrons. The summed E-state index contributed by atoms with van der Waals surface area (Å²) in [4.78, 5) is -0.216. The third kappa shape index (κ3) is 3.51. The van der Waals surface area contributed by atoms with Crippen molar-refractivity contribution in [3.8, 4) is 0 Å². The lowest BCUT2D eigenvalue weighted by Gasteiger charge is -2.24. The lowest BCUT2D eigenvalue weighted by atomic mass is 10.0. The molecule has 0 aliphatic carbocycles. The minimum absolute atomic E-state index is 0.177. The summed E-state index contributed by atoms with van der Waals surface area (Å²) in [7, 11) is -3.85. The van der Waals surface area contributed by atoms with Crippen LogP contribution in [-0.2, 0) is 16.6 Å². The molecule has 2 N–H and O–H groups in total. The van der Waals surface area contributed by atoms with E-state index in [-0.39, 0.29) is 10.5 Å². The van der Waals surface area contributed by atoms with Crippen molar-refractivity contribution in [2.75, 3.05) is 0 Å². The molecule has 0 unspecified atom stereocenters. The maximum Gasteiger partial charge on any atom is 0.241 e. The zero-order valence-electron chi connectivity index (χ0n) is 10.7. The van der Waals surface area contributed by atoms with Gasteiger partial charge in [-0.05, 0) is 38.0 Å². The Morgan fingerprint density at radius 3 is 2.50 bits per heavy atom. The van der Waals surface area contributed by atoms with E-state index < -0.39 is 28.0 Å². The van der Waals surface area contributed by atoms with E-state index >= 15 is 0 Å². The number of hydrogen-bond donors (Lipinski definition) is 2. The van der Waals surface area contributed by atoms with Gasteiger partial charge in [0.1, 0.15) is 5.82 Å². The maximum absolute atomic E-state index is 13.2. The second-order valence-electron chi connectivity index (χ2n) is 4.75. The Hall–Kier alpha value is -0.980. The van der Waals surface area contributed by atoms with E-state index in [9.17, 15) is 12.8 Å². The van der Waals surface area contributed by atoms with E-state index in [1.807, 2.05) is 6.92 Å². The number of rotatable bonds is 5. The number of halogens is 1. The molecule has 0 aromatic heterocycles. The van der Waals surface area contributed by atoms with Crippen molar-refractivity contribution in [1.29, 1.82) is 0 Å². The van der Waals surface area contributed by atoms with Crippen LogP contribution in [0.5, 0.6) is 0 Å². The van der Waals surface area contributed by atoms with Gasteiger partial charge in [-0.25, -0.2) is 17.5 Å². The maximum atomic E-state index is 13.2. The van der Waals surface area contributed by atoms with Gasteiger partial charge in [-0.1, -0.05) is 13.0 Å². The van der Waals surface area contributed by atoms with Gasteiger partial charge in [-0.3, -0.25) is 0 Å². The fourth-order valence-corrected chi connectivity index (χ4v) is 3.13. The van der Waals surface area contributed by atoms with Crippen LogP contribution in [0.4, 0.5) is 4.39 Å². The number of nitrogens with one attached hydrogen (secondary N) is 1. The van der Waals surface area contributed by atoms with E-state index in [0.29, 0.717) is 6.42 Å². The largest absolute Gasteiger partial charge is 0.392 e. The summed E-state index contributed by atoms with van der Waals surface area (Å²) >= 11 is 0. The molecule has 18 heavy (non-hydrogen) atoms. The van der Waals surface area contributed by atoms with Gasteiger partial charge in [0.05, 0.1) is 11.5 Å². The molecular formula is C12H18FNO3S. The van der Waals surface area contributed by atoms with E-state index in [4.69, 9.17) is 5.11 Å². The first-order valence-electron chi connectivity index (χ1n) is 5.65. The minimum atomic E-state index is -3.85. The molecule has 0 heterocycles. The van der Waals surface area contributed by atoms with Crippen molar-refractivity contribution < 1.29 is 17.9 Å². The van der Waals surface area contributed by atoms with Crippen molar-refractivity contribution in [2.24, 2.45) is 0 Å². The van der Waals surface area contributed by atoms with Crippen LogP contribution >= 0.6 is 0 Å². The molecule has 0 amide bonds. The summed E-state index contributed by atoms with van der Waals surface area (Å²) in [6.07, 6.45) is 0.593. The summed E-state index contributed by atoms with van der Waals surface area (Å²) in [5.74, 6) is -0.651. The molecule has 0 saturated carbocycles. The second kappa shape index (κ2) is 5.34. The summed E-state index contributed by atoms with van der Waals surface area (Å²) in [5, 5.41) is 9.11. The van der Waals surface area contributed by atoms with Gasteiger partial charge >= 0.3 is 0 Å². The van der Waals surface area contributed by atoms with Crippen LogP contribution in [0.25, 0.3) is 0 Å². The Balaban J connectivity index is 3.24. The SMILES string of the molecule is CCC(C)(C)NS(=O)(=O)c1cc(F)ccc1CO. The molecule has 0 spiro atoms. The van der Waals surface area contributed by atoms with Crippen molar-refractivity contribution in [3.05, 3.63) is 29.6 Å². The van der Waals surface area contributed by atoms with E-state index in [1.165, 1.54) is 6.07 Å². The van der Waals surface area contributed by atoms with Crippen LogP contribution in [0, 0.1) is 5.82 Å². The quantitative estimate of drug-likeness (QED) is 0.861. The second-order valence-corrected chi connectivity index (χ2v) is 6.40. The zero-order valence-corrected chi connectivity index (χ0v) is 11.5. The van der Waals surface area contributed by atoms with Gasteiger partial charge < -0.3 is 5.11 Å². The molecule has 4 nitrogen and oxygen atoms in total. The number of aliphatic hydroxyl groups excluding tert-OH is 1.